The maximum atomic E-state index is 11.4. The number of carbonyl (C=O) groups excluding carboxylic acids is 1. The number of anilines is 1. The van der Waals surface area contributed by atoms with Crippen LogP contribution in [0.25, 0.3) is 0 Å². The van der Waals surface area contributed by atoms with Gasteiger partial charge in [0.05, 0.1) is 12.3 Å². The Labute approximate surface area is 94.4 Å². The molecule has 0 aromatic heterocycles. The molecule has 1 aromatic carbocycles. The molecule has 0 aliphatic heterocycles. The van der Waals surface area contributed by atoms with Gasteiger partial charge in [-0.25, -0.2) is 0 Å². The lowest BCUT2D eigenvalue weighted by Crippen LogP contribution is -2.20. The molecule has 1 rings (SSSR count). The molecule has 0 heterocycles. The molecule has 4 heteroatoms. The Bertz CT molecular complexity index is 339. The highest BCUT2D eigenvalue weighted by atomic mass is 35.5. The number of nitrogens with one attached hydrogen (secondary N) is 1. The van der Waals surface area contributed by atoms with Crippen molar-refractivity contribution in [2.24, 2.45) is 0 Å². The minimum atomic E-state index is -0.556. The number of rotatable bonds is 4. The normalized spacial score (nSPS) is 11.9. The SMILES string of the molecule is CCOc1ccccc1NC(=O)[C@H](C)Cl. The third-order valence-corrected chi connectivity index (χ3v) is 2.00. The lowest BCUT2D eigenvalue weighted by molar-refractivity contribution is -0.115. The second-order valence-electron chi connectivity index (χ2n) is 3.03. The van der Waals surface area contributed by atoms with Gasteiger partial charge in [-0.3, -0.25) is 4.79 Å². The summed E-state index contributed by atoms with van der Waals surface area (Å²) in [6.45, 7) is 4.08. The highest BCUT2D eigenvalue weighted by Gasteiger charge is 2.11. The first-order chi connectivity index (χ1) is 7.15. The van der Waals surface area contributed by atoms with E-state index in [0.717, 1.165) is 0 Å². The van der Waals surface area contributed by atoms with Gasteiger partial charge < -0.3 is 10.1 Å². The molecule has 0 unspecified atom stereocenters. The molecule has 0 bridgehead atoms. The zero-order chi connectivity index (χ0) is 11.3. The highest BCUT2D eigenvalue weighted by Crippen LogP contribution is 2.23. The Morgan fingerprint density at radius 3 is 2.80 bits per heavy atom. The van der Waals surface area contributed by atoms with Crippen LogP contribution in [0.5, 0.6) is 5.75 Å². The van der Waals surface area contributed by atoms with Gasteiger partial charge in [-0.05, 0) is 26.0 Å². The fraction of sp³-hybridized carbons (Fsp3) is 0.364. The van der Waals surface area contributed by atoms with Crippen molar-refractivity contribution in [3.63, 3.8) is 0 Å². The van der Waals surface area contributed by atoms with Crippen molar-refractivity contribution < 1.29 is 9.53 Å². The average Bonchev–Trinajstić information content (AvgIpc) is 2.21. The molecular weight excluding hydrogens is 214 g/mol. The Morgan fingerprint density at radius 1 is 1.53 bits per heavy atom. The Balaban J connectivity index is 2.79. The fourth-order valence-corrected chi connectivity index (χ4v) is 1.14. The monoisotopic (exact) mass is 227 g/mol. The molecule has 1 atom stereocenters. The largest absolute Gasteiger partial charge is 0.492 e. The summed E-state index contributed by atoms with van der Waals surface area (Å²) in [4.78, 5) is 11.4. The molecule has 0 aliphatic rings. The number of para-hydroxylation sites is 2. The average molecular weight is 228 g/mol. The van der Waals surface area contributed by atoms with Gasteiger partial charge in [0, 0.05) is 0 Å². The first-order valence-corrected chi connectivity index (χ1v) is 5.25. The third-order valence-electron chi connectivity index (χ3n) is 1.81. The second kappa shape index (κ2) is 5.61. The predicted octanol–water partition coefficient (Wildman–Crippen LogP) is 2.65. The van der Waals surface area contributed by atoms with Crippen LogP contribution in [0.2, 0.25) is 0 Å². The number of halogens is 1. The molecule has 0 saturated carbocycles. The molecule has 3 nitrogen and oxygen atoms in total. The van der Waals surface area contributed by atoms with Crippen LogP contribution >= 0.6 is 11.6 Å². The van der Waals surface area contributed by atoms with Crippen molar-refractivity contribution in [2.75, 3.05) is 11.9 Å². The quantitative estimate of drug-likeness (QED) is 0.804. The maximum Gasteiger partial charge on any atom is 0.242 e. The zero-order valence-electron chi connectivity index (χ0n) is 8.79. The molecule has 82 valence electrons. The van der Waals surface area contributed by atoms with E-state index in [1.54, 1.807) is 19.1 Å². The summed E-state index contributed by atoms with van der Waals surface area (Å²) >= 11 is 5.65. The van der Waals surface area contributed by atoms with E-state index in [1.807, 2.05) is 19.1 Å². The Morgan fingerprint density at radius 2 is 2.20 bits per heavy atom. The number of alkyl halides is 1. The van der Waals surface area contributed by atoms with E-state index in [2.05, 4.69) is 5.32 Å². The lowest BCUT2D eigenvalue weighted by Gasteiger charge is -2.11. The molecular formula is C11H14ClNO2. The summed E-state index contributed by atoms with van der Waals surface area (Å²) in [5.41, 5.74) is 0.650. The molecule has 0 radical (unpaired) electrons. The van der Waals surface area contributed by atoms with Crippen molar-refractivity contribution in [3.8, 4) is 5.75 Å². The zero-order valence-corrected chi connectivity index (χ0v) is 9.54. The molecule has 0 aliphatic carbocycles. The van der Waals surface area contributed by atoms with Gasteiger partial charge >= 0.3 is 0 Å². The van der Waals surface area contributed by atoms with Crippen LogP contribution < -0.4 is 10.1 Å². The van der Waals surface area contributed by atoms with Crippen LogP contribution in [-0.2, 0) is 4.79 Å². The summed E-state index contributed by atoms with van der Waals surface area (Å²) in [5.74, 6) is 0.425. The molecule has 1 amide bonds. The van der Waals surface area contributed by atoms with Crippen LogP contribution in [0.15, 0.2) is 24.3 Å². The first kappa shape index (κ1) is 11.9. The van der Waals surface area contributed by atoms with Gasteiger partial charge in [-0.1, -0.05) is 12.1 Å². The smallest absolute Gasteiger partial charge is 0.242 e. The van der Waals surface area contributed by atoms with Crippen molar-refractivity contribution >= 4 is 23.2 Å². The summed E-state index contributed by atoms with van der Waals surface area (Å²) in [7, 11) is 0. The van der Waals surface area contributed by atoms with Gasteiger partial charge in [-0.15, -0.1) is 11.6 Å². The second-order valence-corrected chi connectivity index (χ2v) is 3.69. The fourth-order valence-electron chi connectivity index (χ4n) is 1.08. The van der Waals surface area contributed by atoms with Crippen LogP contribution in [0.3, 0.4) is 0 Å². The van der Waals surface area contributed by atoms with E-state index >= 15 is 0 Å². The third kappa shape index (κ3) is 3.44. The van der Waals surface area contributed by atoms with Crippen LogP contribution in [0.1, 0.15) is 13.8 Å². The molecule has 0 fully saturated rings. The van der Waals surface area contributed by atoms with Gasteiger partial charge in [-0.2, -0.15) is 0 Å². The van der Waals surface area contributed by atoms with E-state index in [1.165, 1.54) is 0 Å². The number of ether oxygens (including phenoxy) is 1. The van der Waals surface area contributed by atoms with E-state index in [4.69, 9.17) is 16.3 Å². The summed E-state index contributed by atoms with van der Waals surface area (Å²) in [5, 5.41) is 2.14. The highest BCUT2D eigenvalue weighted by molar-refractivity contribution is 6.32. The molecule has 1 N–H and O–H groups in total. The van der Waals surface area contributed by atoms with E-state index in [-0.39, 0.29) is 5.91 Å². The van der Waals surface area contributed by atoms with Gasteiger partial charge in [0.15, 0.2) is 0 Å². The van der Waals surface area contributed by atoms with Crippen LogP contribution in [0.4, 0.5) is 5.69 Å². The van der Waals surface area contributed by atoms with Gasteiger partial charge in [0.1, 0.15) is 11.1 Å². The molecule has 0 spiro atoms. The minimum Gasteiger partial charge on any atom is -0.492 e. The van der Waals surface area contributed by atoms with Gasteiger partial charge in [0.25, 0.3) is 0 Å². The number of amides is 1. The van der Waals surface area contributed by atoms with E-state index in [9.17, 15) is 4.79 Å². The molecule has 15 heavy (non-hydrogen) atoms. The van der Waals surface area contributed by atoms with Gasteiger partial charge in [0.2, 0.25) is 5.91 Å². The number of hydrogen-bond acceptors (Lipinski definition) is 2. The Hall–Kier alpha value is -1.22. The van der Waals surface area contributed by atoms with E-state index < -0.39 is 5.38 Å². The topological polar surface area (TPSA) is 38.3 Å². The van der Waals surface area contributed by atoms with Crippen molar-refractivity contribution in [2.45, 2.75) is 19.2 Å². The predicted molar refractivity (Wildman–Crippen MR) is 61.6 cm³/mol. The summed E-state index contributed by atoms with van der Waals surface area (Å²) in [6.07, 6.45) is 0. The van der Waals surface area contributed by atoms with Crippen molar-refractivity contribution in [1.29, 1.82) is 0 Å². The maximum absolute atomic E-state index is 11.4. The van der Waals surface area contributed by atoms with Crippen molar-refractivity contribution in [1.82, 2.24) is 0 Å². The first-order valence-electron chi connectivity index (χ1n) is 4.82. The molecule has 0 saturated heterocycles. The standard InChI is InChI=1S/C11H14ClNO2/c1-3-15-10-7-5-4-6-9(10)13-11(14)8(2)12/h4-8H,3H2,1-2H3,(H,13,14)/t8-/m0/s1. The van der Waals surface area contributed by atoms with Crippen LogP contribution in [0, 0.1) is 0 Å². The van der Waals surface area contributed by atoms with Crippen molar-refractivity contribution in [3.05, 3.63) is 24.3 Å². The summed E-state index contributed by atoms with van der Waals surface area (Å²) < 4.78 is 5.36. The lowest BCUT2D eigenvalue weighted by atomic mass is 10.3. The Kier molecular flexibility index (Phi) is 4.43. The number of hydrogen-bond donors (Lipinski definition) is 1. The summed E-state index contributed by atoms with van der Waals surface area (Å²) in [6, 6.07) is 7.27. The number of carbonyl (C=O) groups is 1. The van der Waals surface area contributed by atoms with Crippen LogP contribution in [-0.4, -0.2) is 17.9 Å². The molecule has 1 aromatic rings. The number of benzene rings is 1. The van der Waals surface area contributed by atoms with E-state index in [0.29, 0.717) is 18.0 Å². The minimum absolute atomic E-state index is 0.233.